The van der Waals surface area contributed by atoms with E-state index in [2.05, 4.69) is 20.9 Å². The Kier molecular flexibility index (Phi) is 8.11. The minimum absolute atomic E-state index is 0.189. The zero-order valence-electron chi connectivity index (χ0n) is 22.0. The van der Waals surface area contributed by atoms with Gasteiger partial charge < -0.3 is 21.7 Å². The molecular formula is C33H27N5O3. The summed E-state index contributed by atoms with van der Waals surface area (Å²) in [5.74, 6) is -2.81. The summed E-state index contributed by atoms with van der Waals surface area (Å²) >= 11 is 0. The Morgan fingerprint density at radius 2 is 1.17 bits per heavy atom. The highest BCUT2D eigenvalue weighted by molar-refractivity contribution is 6.15. The third kappa shape index (κ3) is 6.63. The molecule has 0 unspecified atom stereocenters. The summed E-state index contributed by atoms with van der Waals surface area (Å²) in [5, 5.41) is 8.37. The molecule has 5 aromatic rings. The van der Waals surface area contributed by atoms with Gasteiger partial charge in [-0.1, -0.05) is 72.8 Å². The average Bonchev–Trinajstić information content (AvgIpc) is 3.00. The molecule has 0 atom stereocenters. The number of para-hydroxylation sites is 2. The molecule has 5 rings (SSSR count). The van der Waals surface area contributed by atoms with E-state index in [1.807, 2.05) is 54.6 Å². The lowest BCUT2D eigenvalue weighted by atomic mass is 10.0. The molecule has 0 radical (unpaired) electrons. The Morgan fingerprint density at radius 1 is 0.610 bits per heavy atom. The first-order chi connectivity index (χ1) is 20.0. The Balaban J connectivity index is 1.37. The molecule has 1 aromatic heterocycles. The number of benzene rings is 4. The minimum atomic E-state index is -1.27. The number of amides is 3. The van der Waals surface area contributed by atoms with Crippen molar-refractivity contribution in [3.05, 3.63) is 139 Å². The first-order valence-electron chi connectivity index (χ1n) is 12.9. The number of rotatable bonds is 8. The second-order valence-corrected chi connectivity index (χ2v) is 9.24. The van der Waals surface area contributed by atoms with Gasteiger partial charge in [-0.25, -0.2) is 0 Å². The van der Waals surface area contributed by atoms with Crippen LogP contribution in [0.15, 0.2) is 128 Å². The summed E-state index contributed by atoms with van der Waals surface area (Å²) in [5.41, 5.74) is 10.4. The maximum atomic E-state index is 13.3. The summed E-state index contributed by atoms with van der Waals surface area (Å²) in [6.07, 6.45) is 1.33. The first kappa shape index (κ1) is 26.8. The highest BCUT2D eigenvalue weighted by Gasteiger charge is 2.30. The highest BCUT2D eigenvalue weighted by Crippen LogP contribution is 2.28. The van der Waals surface area contributed by atoms with Gasteiger partial charge in [0.15, 0.2) is 5.92 Å². The van der Waals surface area contributed by atoms with E-state index in [4.69, 9.17) is 5.73 Å². The molecule has 41 heavy (non-hydrogen) atoms. The number of carbonyl (C=O) groups is 3. The number of nitrogens with two attached hydrogens (primary N) is 1. The second-order valence-electron chi connectivity index (χ2n) is 9.24. The number of nitrogens with zero attached hydrogens (tertiary/aromatic N) is 1. The zero-order valence-corrected chi connectivity index (χ0v) is 22.0. The predicted octanol–water partition coefficient (Wildman–Crippen LogP) is 5.94. The number of hydrogen-bond acceptors (Lipinski definition) is 5. The van der Waals surface area contributed by atoms with Crippen LogP contribution in [0.2, 0.25) is 0 Å². The van der Waals surface area contributed by atoms with Crippen molar-refractivity contribution in [3.63, 3.8) is 0 Å². The molecule has 0 spiro atoms. The highest BCUT2D eigenvalue weighted by atomic mass is 16.2. The van der Waals surface area contributed by atoms with Gasteiger partial charge in [0, 0.05) is 17.6 Å². The average molecular weight is 542 g/mol. The van der Waals surface area contributed by atoms with Crippen LogP contribution in [0.1, 0.15) is 22.0 Å². The Morgan fingerprint density at radius 3 is 1.71 bits per heavy atom. The fourth-order valence-electron chi connectivity index (χ4n) is 4.24. The first-order valence-corrected chi connectivity index (χ1v) is 12.9. The molecule has 0 saturated heterocycles. The van der Waals surface area contributed by atoms with Gasteiger partial charge in [-0.05, 0) is 59.7 Å². The van der Waals surface area contributed by atoms with Gasteiger partial charge in [-0.3, -0.25) is 19.4 Å². The predicted molar refractivity (Wildman–Crippen MR) is 161 cm³/mol. The number of nitrogen functional groups attached to an aromatic ring is 1. The van der Waals surface area contributed by atoms with E-state index in [0.29, 0.717) is 22.7 Å². The van der Waals surface area contributed by atoms with Gasteiger partial charge in [-0.15, -0.1) is 0 Å². The lowest BCUT2D eigenvalue weighted by Crippen LogP contribution is -2.32. The van der Waals surface area contributed by atoms with Gasteiger partial charge in [0.25, 0.3) is 5.91 Å². The van der Waals surface area contributed by atoms with E-state index >= 15 is 0 Å². The van der Waals surface area contributed by atoms with Crippen molar-refractivity contribution in [2.24, 2.45) is 0 Å². The maximum Gasteiger partial charge on any atom is 0.257 e. The molecule has 0 fully saturated rings. The zero-order chi connectivity index (χ0) is 28.6. The summed E-state index contributed by atoms with van der Waals surface area (Å²) in [6.45, 7) is 0. The Bertz CT molecular complexity index is 1610. The number of hydrogen-bond donors (Lipinski definition) is 4. The molecule has 202 valence electrons. The normalized spacial score (nSPS) is 10.6. The van der Waals surface area contributed by atoms with Crippen molar-refractivity contribution in [1.29, 1.82) is 0 Å². The SMILES string of the molecule is Nc1ccc(-c2ccccc2)cc1NC(=O)c1ccc(C(C(=O)Nc2ccccc2)C(=O)Nc2ccccc2)nc1. The van der Waals surface area contributed by atoms with E-state index < -0.39 is 23.6 Å². The van der Waals surface area contributed by atoms with Crippen molar-refractivity contribution >= 4 is 40.5 Å². The molecule has 3 amide bonds. The van der Waals surface area contributed by atoms with Crippen LogP contribution < -0.4 is 21.7 Å². The molecule has 0 aliphatic carbocycles. The summed E-state index contributed by atoms with van der Waals surface area (Å²) < 4.78 is 0. The van der Waals surface area contributed by atoms with Crippen molar-refractivity contribution in [1.82, 2.24) is 4.98 Å². The third-order valence-electron chi connectivity index (χ3n) is 6.36. The third-order valence-corrected chi connectivity index (χ3v) is 6.36. The molecule has 8 nitrogen and oxygen atoms in total. The Hall–Kier alpha value is -5.76. The van der Waals surface area contributed by atoms with Gasteiger partial charge >= 0.3 is 0 Å². The monoisotopic (exact) mass is 541 g/mol. The molecular weight excluding hydrogens is 514 g/mol. The number of aromatic nitrogens is 1. The van der Waals surface area contributed by atoms with E-state index in [0.717, 1.165) is 11.1 Å². The number of nitrogens with one attached hydrogen (secondary N) is 3. The standard InChI is InChI=1S/C33H27N5O3/c34-27-18-16-23(22-10-4-1-5-11-22)20-29(27)38-31(39)24-17-19-28(35-21-24)30(32(40)36-25-12-6-2-7-13-25)33(41)37-26-14-8-3-9-15-26/h1-21,30H,34H2,(H,36,40)(H,37,41)(H,38,39). The molecule has 5 N–H and O–H groups in total. The molecule has 8 heteroatoms. The smallest absolute Gasteiger partial charge is 0.257 e. The van der Waals surface area contributed by atoms with E-state index in [9.17, 15) is 14.4 Å². The number of carbonyl (C=O) groups excluding carboxylic acids is 3. The van der Waals surface area contributed by atoms with E-state index in [-0.39, 0.29) is 11.3 Å². The Labute approximate surface area is 237 Å². The van der Waals surface area contributed by atoms with Crippen LogP contribution >= 0.6 is 0 Å². The quantitative estimate of drug-likeness (QED) is 0.143. The molecule has 0 bridgehead atoms. The topological polar surface area (TPSA) is 126 Å². The molecule has 0 aliphatic heterocycles. The number of anilines is 4. The molecule has 0 saturated carbocycles. The van der Waals surface area contributed by atoms with Crippen LogP contribution in [0, 0.1) is 0 Å². The number of pyridine rings is 1. The van der Waals surface area contributed by atoms with Crippen LogP contribution in [0.4, 0.5) is 22.7 Å². The van der Waals surface area contributed by atoms with Crippen molar-refractivity contribution in [3.8, 4) is 11.1 Å². The molecule has 4 aromatic carbocycles. The lowest BCUT2D eigenvalue weighted by Gasteiger charge is -2.17. The van der Waals surface area contributed by atoms with Gasteiger partial charge in [-0.2, -0.15) is 0 Å². The van der Waals surface area contributed by atoms with Crippen LogP contribution in [-0.2, 0) is 9.59 Å². The van der Waals surface area contributed by atoms with Gasteiger partial charge in [0.1, 0.15) is 0 Å². The van der Waals surface area contributed by atoms with Crippen LogP contribution in [0.3, 0.4) is 0 Å². The van der Waals surface area contributed by atoms with Crippen molar-refractivity contribution in [2.75, 3.05) is 21.7 Å². The molecule has 0 aliphatic rings. The summed E-state index contributed by atoms with van der Waals surface area (Å²) in [7, 11) is 0. The second kappa shape index (κ2) is 12.4. The van der Waals surface area contributed by atoms with Crippen LogP contribution in [0.5, 0.6) is 0 Å². The van der Waals surface area contributed by atoms with Crippen LogP contribution in [-0.4, -0.2) is 22.7 Å². The minimum Gasteiger partial charge on any atom is -0.397 e. The summed E-state index contributed by atoms with van der Waals surface area (Å²) in [4.78, 5) is 44.0. The largest absolute Gasteiger partial charge is 0.397 e. The van der Waals surface area contributed by atoms with Crippen molar-refractivity contribution < 1.29 is 14.4 Å². The maximum absolute atomic E-state index is 13.3. The van der Waals surface area contributed by atoms with E-state index in [1.54, 1.807) is 54.6 Å². The fraction of sp³-hybridized carbons (Fsp3) is 0.0303. The van der Waals surface area contributed by atoms with E-state index in [1.165, 1.54) is 18.3 Å². The lowest BCUT2D eigenvalue weighted by molar-refractivity contribution is -0.126. The summed E-state index contributed by atoms with van der Waals surface area (Å²) in [6, 6.07) is 35.9. The van der Waals surface area contributed by atoms with Crippen molar-refractivity contribution in [2.45, 2.75) is 5.92 Å². The molecule has 1 heterocycles. The van der Waals surface area contributed by atoms with Crippen LogP contribution in [0.25, 0.3) is 11.1 Å². The fourth-order valence-corrected chi connectivity index (χ4v) is 4.24. The van der Waals surface area contributed by atoms with Gasteiger partial charge in [0.05, 0.1) is 22.6 Å². The van der Waals surface area contributed by atoms with Gasteiger partial charge in [0.2, 0.25) is 11.8 Å².